The van der Waals surface area contributed by atoms with Crippen LogP contribution in [0, 0.1) is 0 Å². The minimum atomic E-state index is 0.753. The molecule has 0 radical (unpaired) electrons. The average molecular weight is 233 g/mol. The molecule has 17 heavy (non-hydrogen) atoms. The third kappa shape index (κ3) is 3.45. The van der Waals surface area contributed by atoms with Crippen molar-refractivity contribution in [3.05, 3.63) is 36.0 Å². The van der Waals surface area contributed by atoms with Crippen molar-refractivity contribution in [1.82, 2.24) is 4.57 Å². The van der Waals surface area contributed by atoms with E-state index in [1.807, 2.05) is 69.5 Å². The molecule has 1 aromatic carbocycles. The van der Waals surface area contributed by atoms with E-state index in [9.17, 15) is 4.79 Å². The van der Waals surface area contributed by atoms with Crippen LogP contribution in [0.5, 0.6) is 0 Å². The Kier molecular flexibility index (Phi) is 7.78. The zero-order chi connectivity index (χ0) is 13.3. The number of hydrogen-bond donors (Lipinski definition) is 0. The van der Waals surface area contributed by atoms with Gasteiger partial charge in [-0.1, -0.05) is 45.9 Å². The van der Waals surface area contributed by atoms with E-state index in [1.165, 1.54) is 0 Å². The first-order valence-corrected chi connectivity index (χ1v) is 6.40. The van der Waals surface area contributed by atoms with E-state index in [1.54, 1.807) is 0 Å². The molecule has 0 aliphatic rings. The number of aldehydes is 1. The summed E-state index contributed by atoms with van der Waals surface area (Å²) in [6.45, 7) is 10.9. The van der Waals surface area contributed by atoms with Gasteiger partial charge in [0.05, 0.1) is 5.69 Å². The first kappa shape index (κ1) is 15.4. The molecule has 0 fully saturated rings. The van der Waals surface area contributed by atoms with E-state index >= 15 is 0 Å². The minimum absolute atomic E-state index is 0.753. The Labute approximate surface area is 104 Å². The SMILES string of the molecule is CC.CC.CCn1c(C=O)cc2ccccc21. The van der Waals surface area contributed by atoms with Crippen LogP contribution in [0.1, 0.15) is 45.1 Å². The average Bonchev–Trinajstić information content (AvgIpc) is 2.80. The summed E-state index contributed by atoms with van der Waals surface area (Å²) in [4.78, 5) is 10.7. The van der Waals surface area contributed by atoms with Gasteiger partial charge in [-0.3, -0.25) is 4.79 Å². The molecule has 2 nitrogen and oxygen atoms in total. The molecular formula is C15H23NO. The molecule has 0 N–H and O–H groups in total. The van der Waals surface area contributed by atoms with Crippen molar-refractivity contribution in [2.75, 3.05) is 0 Å². The number of rotatable bonds is 2. The molecule has 0 saturated carbocycles. The van der Waals surface area contributed by atoms with E-state index in [-0.39, 0.29) is 0 Å². The minimum Gasteiger partial charge on any atom is -0.339 e. The Bertz CT molecular complexity index is 443. The molecule has 1 heterocycles. The Balaban J connectivity index is 0.000000581. The van der Waals surface area contributed by atoms with Gasteiger partial charge in [-0.05, 0) is 19.1 Å². The van der Waals surface area contributed by atoms with Gasteiger partial charge in [0.2, 0.25) is 0 Å². The lowest BCUT2D eigenvalue weighted by atomic mass is 10.2. The van der Waals surface area contributed by atoms with E-state index in [2.05, 4.69) is 0 Å². The number of carbonyl (C=O) groups is 1. The maximum absolute atomic E-state index is 10.7. The highest BCUT2D eigenvalue weighted by molar-refractivity contribution is 5.88. The topological polar surface area (TPSA) is 22.0 Å². The predicted octanol–water partition coefficient (Wildman–Crippen LogP) is 4.53. The van der Waals surface area contributed by atoms with Crippen LogP contribution in [-0.4, -0.2) is 10.9 Å². The van der Waals surface area contributed by atoms with Crippen LogP contribution >= 0.6 is 0 Å². The normalized spacial score (nSPS) is 8.76. The summed E-state index contributed by atoms with van der Waals surface area (Å²) in [6, 6.07) is 9.95. The van der Waals surface area contributed by atoms with E-state index in [0.717, 1.165) is 29.4 Å². The molecule has 0 aliphatic carbocycles. The first-order chi connectivity index (χ1) is 8.36. The van der Waals surface area contributed by atoms with Crippen LogP contribution in [-0.2, 0) is 6.54 Å². The predicted molar refractivity (Wildman–Crippen MR) is 75.7 cm³/mol. The largest absolute Gasteiger partial charge is 0.339 e. The molecule has 0 unspecified atom stereocenters. The molecule has 1 aromatic heterocycles. The zero-order valence-electron chi connectivity index (χ0n) is 11.5. The van der Waals surface area contributed by atoms with E-state index < -0.39 is 0 Å². The van der Waals surface area contributed by atoms with Crippen LogP contribution in [0.25, 0.3) is 10.9 Å². The van der Waals surface area contributed by atoms with Crippen molar-refractivity contribution >= 4 is 17.2 Å². The van der Waals surface area contributed by atoms with Crippen molar-refractivity contribution in [3.8, 4) is 0 Å². The van der Waals surface area contributed by atoms with Crippen molar-refractivity contribution in [2.45, 2.75) is 41.2 Å². The van der Waals surface area contributed by atoms with Crippen molar-refractivity contribution in [2.24, 2.45) is 0 Å². The molecule has 94 valence electrons. The van der Waals surface area contributed by atoms with Crippen LogP contribution in [0.3, 0.4) is 0 Å². The maximum atomic E-state index is 10.7. The number of aromatic nitrogens is 1. The van der Waals surface area contributed by atoms with Gasteiger partial charge in [0, 0.05) is 17.4 Å². The summed E-state index contributed by atoms with van der Waals surface area (Å²) in [5.41, 5.74) is 1.89. The third-order valence-electron chi connectivity index (χ3n) is 2.28. The van der Waals surface area contributed by atoms with Gasteiger partial charge in [0.1, 0.15) is 0 Å². The summed E-state index contributed by atoms with van der Waals surface area (Å²) in [6.07, 6.45) is 0.906. The summed E-state index contributed by atoms with van der Waals surface area (Å²) < 4.78 is 2.02. The lowest BCUT2D eigenvalue weighted by Gasteiger charge is -2.01. The molecule has 0 atom stereocenters. The molecule has 2 heteroatoms. The summed E-state index contributed by atoms with van der Waals surface area (Å²) in [7, 11) is 0. The lowest BCUT2D eigenvalue weighted by Crippen LogP contribution is -1.98. The Morgan fingerprint density at radius 1 is 1.12 bits per heavy atom. The maximum Gasteiger partial charge on any atom is 0.166 e. The highest BCUT2D eigenvalue weighted by atomic mass is 16.1. The van der Waals surface area contributed by atoms with Crippen molar-refractivity contribution in [1.29, 1.82) is 0 Å². The standard InChI is InChI=1S/C11H11NO.2C2H6/c1-2-12-10(8-13)7-9-5-3-4-6-11(9)12;2*1-2/h3-8H,2H2,1H3;2*1-2H3. The number of benzene rings is 1. The van der Waals surface area contributed by atoms with Gasteiger partial charge >= 0.3 is 0 Å². The second-order valence-corrected chi connectivity index (χ2v) is 2.99. The lowest BCUT2D eigenvalue weighted by molar-refractivity contribution is 0.111. The first-order valence-electron chi connectivity index (χ1n) is 6.40. The van der Waals surface area contributed by atoms with Gasteiger partial charge in [-0.2, -0.15) is 0 Å². The van der Waals surface area contributed by atoms with Crippen LogP contribution in [0.4, 0.5) is 0 Å². The van der Waals surface area contributed by atoms with Gasteiger partial charge in [0.15, 0.2) is 6.29 Å². The number of para-hydroxylation sites is 1. The smallest absolute Gasteiger partial charge is 0.166 e. The summed E-state index contributed by atoms with van der Waals surface area (Å²) in [5.74, 6) is 0. The number of aryl methyl sites for hydroxylation is 1. The van der Waals surface area contributed by atoms with Crippen molar-refractivity contribution in [3.63, 3.8) is 0 Å². The van der Waals surface area contributed by atoms with Gasteiger partial charge in [0.25, 0.3) is 0 Å². The fourth-order valence-corrected chi connectivity index (χ4v) is 1.68. The highest BCUT2D eigenvalue weighted by Gasteiger charge is 2.04. The summed E-state index contributed by atoms with van der Waals surface area (Å²) in [5, 5.41) is 1.13. The molecule has 2 aromatic rings. The highest BCUT2D eigenvalue weighted by Crippen LogP contribution is 2.18. The number of carbonyl (C=O) groups excluding carboxylic acids is 1. The Hall–Kier alpha value is -1.57. The number of nitrogens with zero attached hydrogens (tertiary/aromatic N) is 1. The zero-order valence-corrected chi connectivity index (χ0v) is 11.5. The molecule has 0 bridgehead atoms. The van der Waals surface area contributed by atoms with Crippen LogP contribution < -0.4 is 0 Å². The third-order valence-corrected chi connectivity index (χ3v) is 2.28. The summed E-state index contributed by atoms with van der Waals surface area (Å²) >= 11 is 0. The number of hydrogen-bond acceptors (Lipinski definition) is 1. The number of fused-ring (bicyclic) bond motifs is 1. The monoisotopic (exact) mass is 233 g/mol. The van der Waals surface area contributed by atoms with E-state index in [4.69, 9.17) is 0 Å². The Morgan fingerprint density at radius 2 is 1.71 bits per heavy atom. The molecule has 0 spiro atoms. The molecule has 0 amide bonds. The van der Waals surface area contributed by atoms with Crippen LogP contribution in [0.15, 0.2) is 30.3 Å². The van der Waals surface area contributed by atoms with E-state index in [0.29, 0.717) is 0 Å². The van der Waals surface area contributed by atoms with Crippen molar-refractivity contribution < 1.29 is 4.79 Å². The molecule has 0 saturated heterocycles. The fourth-order valence-electron chi connectivity index (χ4n) is 1.68. The second kappa shape index (κ2) is 8.57. The molecule has 2 rings (SSSR count). The fraction of sp³-hybridized carbons (Fsp3) is 0.400. The second-order valence-electron chi connectivity index (χ2n) is 2.99. The molecular weight excluding hydrogens is 210 g/mol. The quantitative estimate of drug-likeness (QED) is 0.699. The Morgan fingerprint density at radius 3 is 2.24 bits per heavy atom. The molecule has 0 aliphatic heterocycles. The van der Waals surface area contributed by atoms with Crippen LogP contribution in [0.2, 0.25) is 0 Å². The van der Waals surface area contributed by atoms with Gasteiger partial charge in [-0.15, -0.1) is 0 Å². The van der Waals surface area contributed by atoms with Gasteiger partial charge in [-0.25, -0.2) is 0 Å². The van der Waals surface area contributed by atoms with Gasteiger partial charge < -0.3 is 4.57 Å².